The summed E-state index contributed by atoms with van der Waals surface area (Å²) < 4.78 is 6.18. The molecular weight excluding hydrogens is 744 g/mol. The van der Waals surface area contributed by atoms with E-state index in [2.05, 4.69) is 38.6 Å². The third-order valence-electron chi connectivity index (χ3n) is 13.2. The number of nitriles is 1. The van der Waals surface area contributed by atoms with Crippen molar-refractivity contribution in [3.8, 4) is 11.8 Å². The van der Waals surface area contributed by atoms with Gasteiger partial charge >= 0.3 is 0 Å². The lowest BCUT2D eigenvalue weighted by atomic mass is 9.58. The molecule has 4 aliphatic heterocycles. The first-order valence-electron chi connectivity index (χ1n) is 20.2. The molecule has 0 aromatic heterocycles. The predicted octanol–water partition coefficient (Wildman–Crippen LogP) is 5.75. The standard InChI is InChI=1S/C44H45ClN6O6/c45-37-19-34(6-3-28(37)22-46)57-33-9-13-44(14-10-33)20-31(21-44)47-40(53)27-1-4-32(5-2-27)50-15-11-26(12-16-50)23-49-24-29-17-35-36(18-30(29)25-49)43(56)51(42(35)55)38-7-8-39(52)48-41(38)54/h1-6,17-19,26,31,33,38H,7-16,20-21,23-25H2,(H,47,53)(H,48,52,54). The van der Waals surface area contributed by atoms with Crippen molar-refractivity contribution in [2.45, 2.75) is 95.5 Å². The summed E-state index contributed by atoms with van der Waals surface area (Å²) in [5, 5.41) is 15.0. The van der Waals surface area contributed by atoms with Gasteiger partial charge in [0.1, 0.15) is 17.9 Å². The molecule has 1 spiro atoms. The molecule has 13 heteroatoms. The van der Waals surface area contributed by atoms with E-state index in [1.165, 1.54) is 0 Å². The van der Waals surface area contributed by atoms with E-state index in [1.54, 1.807) is 12.1 Å². The first kappa shape index (κ1) is 37.3. The quantitative estimate of drug-likeness (QED) is 0.272. The molecule has 2 aliphatic carbocycles. The van der Waals surface area contributed by atoms with Gasteiger partial charge in [0.15, 0.2) is 0 Å². The average Bonchev–Trinajstić information content (AvgIpc) is 3.70. The number of hydrogen-bond acceptors (Lipinski definition) is 9. The number of carbonyl (C=O) groups excluding carboxylic acids is 5. The molecule has 3 aromatic rings. The van der Waals surface area contributed by atoms with Crippen LogP contribution in [0.4, 0.5) is 5.69 Å². The van der Waals surface area contributed by atoms with Crippen LogP contribution in [0, 0.1) is 22.7 Å². The Hall–Kier alpha value is -5.25. The number of nitrogens with one attached hydrogen (secondary N) is 2. The van der Waals surface area contributed by atoms with E-state index >= 15 is 0 Å². The number of halogens is 1. The van der Waals surface area contributed by atoms with E-state index in [9.17, 15) is 24.0 Å². The zero-order valence-corrected chi connectivity index (χ0v) is 32.5. The highest BCUT2D eigenvalue weighted by molar-refractivity contribution is 6.31. The van der Waals surface area contributed by atoms with Crippen LogP contribution < -0.4 is 20.3 Å². The van der Waals surface area contributed by atoms with Gasteiger partial charge < -0.3 is 15.0 Å². The largest absolute Gasteiger partial charge is 0.490 e. The molecule has 0 radical (unpaired) electrons. The third kappa shape index (κ3) is 7.28. The molecule has 294 valence electrons. The fourth-order valence-corrected chi connectivity index (χ4v) is 10.3. The highest BCUT2D eigenvalue weighted by Crippen LogP contribution is 2.52. The minimum atomic E-state index is -0.959. The number of piperidine rings is 2. The fraction of sp³-hybridized carbons (Fsp3) is 0.455. The van der Waals surface area contributed by atoms with Gasteiger partial charge in [0.2, 0.25) is 11.8 Å². The number of imide groups is 2. The second-order valence-electron chi connectivity index (χ2n) is 16.9. The van der Waals surface area contributed by atoms with E-state index in [4.69, 9.17) is 21.6 Å². The number of hydrogen-bond donors (Lipinski definition) is 2. The van der Waals surface area contributed by atoms with E-state index in [0.717, 1.165) is 92.7 Å². The van der Waals surface area contributed by atoms with Crippen molar-refractivity contribution in [2.24, 2.45) is 11.3 Å². The van der Waals surface area contributed by atoms with E-state index in [-0.39, 0.29) is 42.2 Å². The Morgan fingerprint density at radius 3 is 2.18 bits per heavy atom. The molecule has 2 saturated carbocycles. The van der Waals surface area contributed by atoms with E-state index in [0.29, 0.717) is 52.0 Å². The summed E-state index contributed by atoms with van der Waals surface area (Å²) >= 11 is 6.18. The van der Waals surface area contributed by atoms with Crippen molar-refractivity contribution in [2.75, 3.05) is 24.5 Å². The molecule has 57 heavy (non-hydrogen) atoms. The maximum atomic E-state index is 13.3. The van der Waals surface area contributed by atoms with Gasteiger partial charge in [-0.3, -0.25) is 39.1 Å². The Kier molecular flexibility index (Phi) is 9.77. The molecule has 0 bridgehead atoms. The number of amides is 5. The molecule has 9 rings (SSSR count). The van der Waals surface area contributed by atoms with Gasteiger partial charge in [0.05, 0.1) is 27.8 Å². The van der Waals surface area contributed by atoms with Crippen LogP contribution in [-0.2, 0) is 22.7 Å². The molecule has 5 amide bonds. The van der Waals surface area contributed by atoms with Gasteiger partial charge in [-0.05, 0) is 129 Å². The average molecular weight is 789 g/mol. The van der Waals surface area contributed by atoms with Gasteiger partial charge in [0.25, 0.3) is 17.7 Å². The number of anilines is 1. The number of nitrogens with zero attached hydrogens (tertiary/aromatic N) is 4. The molecule has 4 fully saturated rings. The Labute approximate surface area is 336 Å². The number of ether oxygens (including phenoxy) is 1. The Balaban J connectivity index is 0.706. The number of rotatable bonds is 8. The van der Waals surface area contributed by atoms with Crippen LogP contribution in [0.25, 0.3) is 0 Å². The SMILES string of the molecule is N#Cc1ccc(OC2CCC3(CC2)CC(NC(=O)c2ccc(N4CCC(CN5Cc6cc7c(cc6C5)C(=O)N(C5CCC(=O)NC5=O)C7=O)CC4)cc2)C3)cc1Cl. The summed E-state index contributed by atoms with van der Waals surface area (Å²) in [6.07, 6.45) is 8.55. The highest BCUT2D eigenvalue weighted by Gasteiger charge is 2.47. The highest BCUT2D eigenvalue weighted by atomic mass is 35.5. The minimum Gasteiger partial charge on any atom is -0.490 e. The minimum absolute atomic E-state index is 0.0213. The predicted molar refractivity (Wildman–Crippen MR) is 211 cm³/mol. The summed E-state index contributed by atoms with van der Waals surface area (Å²) in [7, 11) is 0. The van der Waals surface area contributed by atoms with Crippen LogP contribution in [0.1, 0.15) is 112 Å². The van der Waals surface area contributed by atoms with Crippen molar-refractivity contribution in [3.63, 3.8) is 0 Å². The number of benzene rings is 3. The summed E-state index contributed by atoms with van der Waals surface area (Å²) in [5.74, 6) is -0.709. The van der Waals surface area contributed by atoms with Crippen LogP contribution in [0.15, 0.2) is 54.6 Å². The first-order valence-corrected chi connectivity index (χ1v) is 20.5. The smallest absolute Gasteiger partial charge is 0.262 e. The van der Waals surface area contributed by atoms with Crippen molar-refractivity contribution in [1.29, 1.82) is 5.26 Å². The van der Waals surface area contributed by atoms with Crippen LogP contribution in [0.5, 0.6) is 5.75 Å². The lowest BCUT2D eigenvalue weighted by Crippen LogP contribution is -2.54. The Morgan fingerprint density at radius 2 is 1.56 bits per heavy atom. The summed E-state index contributed by atoms with van der Waals surface area (Å²) in [6.45, 7) is 4.21. The molecule has 12 nitrogen and oxygen atoms in total. The van der Waals surface area contributed by atoms with Gasteiger partial charge in [-0.1, -0.05) is 11.6 Å². The fourth-order valence-electron chi connectivity index (χ4n) is 10.1. The van der Waals surface area contributed by atoms with Crippen molar-refractivity contribution in [1.82, 2.24) is 20.4 Å². The summed E-state index contributed by atoms with van der Waals surface area (Å²) in [6, 6.07) is 18.2. The molecule has 1 atom stereocenters. The van der Waals surface area contributed by atoms with E-state index in [1.807, 2.05) is 30.3 Å². The van der Waals surface area contributed by atoms with Gasteiger partial charge in [-0.25, -0.2) is 0 Å². The zero-order valence-electron chi connectivity index (χ0n) is 31.7. The second-order valence-corrected chi connectivity index (χ2v) is 17.3. The summed E-state index contributed by atoms with van der Waals surface area (Å²) in [4.78, 5) is 69.6. The maximum Gasteiger partial charge on any atom is 0.262 e. The molecule has 3 aromatic carbocycles. The lowest BCUT2D eigenvalue weighted by molar-refractivity contribution is -0.136. The topological polar surface area (TPSA) is 152 Å². The first-order chi connectivity index (χ1) is 27.5. The lowest BCUT2D eigenvalue weighted by Gasteiger charge is -2.51. The van der Waals surface area contributed by atoms with Crippen molar-refractivity contribution < 1.29 is 28.7 Å². The Morgan fingerprint density at radius 1 is 0.895 bits per heavy atom. The summed E-state index contributed by atoms with van der Waals surface area (Å²) in [5.41, 5.74) is 5.29. The van der Waals surface area contributed by atoms with Crippen LogP contribution in [0.3, 0.4) is 0 Å². The number of carbonyl (C=O) groups is 5. The molecule has 6 aliphatic rings. The zero-order chi connectivity index (χ0) is 39.4. The second kappa shape index (κ2) is 14.9. The van der Waals surface area contributed by atoms with Crippen LogP contribution >= 0.6 is 11.6 Å². The van der Waals surface area contributed by atoms with Crippen LogP contribution in [-0.4, -0.2) is 77.2 Å². The maximum absolute atomic E-state index is 13.3. The van der Waals surface area contributed by atoms with Crippen molar-refractivity contribution in [3.05, 3.63) is 93.0 Å². The monoisotopic (exact) mass is 788 g/mol. The molecular formula is C44H45ClN6O6. The van der Waals surface area contributed by atoms with Gasteiger partial charge in [-0.15, -0.1) is 0 Å². The molecule has 2 N–H and O–H groups in total. The van der Waals surface area contributed by atoms with Crippen LogP contribution in [0.2, 0.25) is 5.02 Å². The van der Waals surface area contributed by atoms with Crippen molar-refractivity contribution >= 4 is 46.8 Å². The van der Waals surface area contributed by atoms with E-state index < -0.39 is 23.8 Å². The Bertz CT molecular complexity index is 2150. The molecule has 4 heterocycles. The molecule has 1 unspecified atom stereocenters. The normalized spacial score (nSPS) is 26.1. The van der Waals surface area contributed by atoms with Gasteiger partial charge in [-0.2, -0.15) is 5.26 Å². The third-order valence-corrected chi connectivity index (χ3v) is 13.5. The van der Waals surface area contributed by atoms with Gasteiger partial charge in [0, 0.05) is 62.5 Å². The molecule has 2 saturated heterocycles. The number of fused-ring (bicyclic) bond motifs is 2.